The standard InChI is InChI=1S/C9H20O4.2C8H16O2/c1-7(11)5-12-9(3)6-13-8(2)4-10;2*1-3-5-6-7(4-2)8(9)10/h7-11H,4-6H2,1-3H3;2*7H,3-6H2,1-2H3,(H,9,10). The van der Waals surface area contributed by atoms with Gasteiger partial charge in [-0.05, 0) is 46.5 Å². The molecule has 0 saturated carbocycles. The molecule has 0 aliphatic carbocycles. The Morgan fingerprint density at radius 1 is 0.727 bits per heavy atom. The van der Waals surface area contributed by atoms with Crippen molar-refractivity contribution in [1.29, 1.82) is 0 Å². The van der Waals surface area contributed by atoms with Crippen LogP contribution < -0.4 is 0 Å². The fourth-order valence-corrected chi connectivity index (χ4v) is 2.61. The summed E-state index contributed by atoms with van der Waals surface area (Å²) in [7, 11) is 0. The van der Waals surface area contributed by atoms with Crippen LogP contribution >= 0.6 is 0 Å². The SMILES string of the molecule is CC(O)COC(C)COC(C)CO.CCCCC(CC)C(=O)O.CCCCC(CC)C(=O)O. The minimum Gasteiger partial charge on any atom is -0.481 e. The Morgan fingerprint density at radius 2 is 1.12 bits per heavy atom. The highest BCUT2D eigenvalue weighted by Gasteiger charge is 2.13. The number of aliphatic hydroxyl groups is 2. The third kappa shape index (κ3) is 26.9. The van der Waals surface area contributed by atoms with Gasteiger partial charge in [0.25, 0.3) is 0 Å². The van der Waals surface area contributed by atoms with Gasteiger partial charge in [-0.15, -0.1) is 0 Å². The fraction of sp³-hybridized carbons (Fsp3) is 0.920. The van der Waals surface area contributed by atoms with E-state index in [1.54, 1.807) is 13.8 Å². The maximum Gasteiger partial charge on any atom is 0.306 e. The van der Waals surface area contributed by atoms with Crippen LogP contribution in [0.15, 0.2) is 0 Å². The minimum atomic E-state index is -0.643. The summed E-state index contributed by atoms with van der Waals surface area (Å²) in [4.78, 5) is 20.9. The molecule has 0 aromatic heterocycles. The van der Waals surface area contributed by atoms with Gasteiger partial charge in [0.1, 0.15) is 0 Å². The molecule has 8 nitrogen and oxygen atoms in total. The van der Waals surface area contributed by atoms with Gasteiger partial charge in [0.15, 0.2) is 0 Å². The number of hydrogen-bond donors (Lipinski definition) is 4. The van der Waals surface area contributed by atoms with Crippen molar-refractivity contribution in [2.24, 2.45) is 11.8 Å². The number of hydrogen-bond acceptors (Lipinski definition) is 6. The Hall–Kier alpha value is -1.22. The Balaban J connectivity index is -0.000000415. The molecule has 0 rings (SSSR count). The summed E-state index contributed by atoms with van der Waals surface area (Å²) in [5.74, 6) is -1.51. The largest absolute Gasteiger partial charge is 0.481 e. The third-order valence-corrected chi connectivity index (χ3v) is 4.99. The molecule has 0 aliphatic heterocycles. The molecule has 0 spiro atoms. The Morgan fingerprint density at radius 3 is 1.39 bits per heavy atom. The van der Waals surface area contributed by atoms with Gasteiger partial charge in [0, 0.05) is 0 Å². The molecule has 0 fully saturated rings. The molecule has 5 unspecified atom stereocenters. The normalized spacial score (nSPS) is 15.1. The lowest BCUT2D eigenvalue weighted by Crippen LogP contribution is -2.24. The van der Waals surface area contributed by atoms with Gasteiger partial charge in [-0.2, -0.15) is 0 Å². The van der Waals surface area contributed by atoms with E-state index in [0.29, 0.717) is 13.2 Å². The van der Waals surface area contributed by atoms with Gasteiger partial charge in [-0.3, -0.25) is 9.59 Å². The first-order valence-corrected chi connectivity index (χ1v) is 12.5. The van der Waals surface area contributed by atoms with E-state index < -0.39 is 18.0 Å². The van der Waals surface area contributed by atoms with Crippen molar-refractivity contribution >= 4 is 11.9 Å². The molecule has 33 heavy (non-hydrogen) atoms. The van der Waals surface area contributed by atoms with Gasteiger partial charge in [-0.25, -0.2) is 0 Å². The summed E-state index contributed by atoms with van der Waals surface area (Å²) >= 11 is 0. The molecule has 0 bridgehead atoms. The van der Waals surface area contributed by atoms with E-state index in [1.807, 2.05) is 20.8 Å². The molecule has 0 radical (unpaired) electrons. The molecule has 0 saturated heterocycles. The summed E-state index contributed by atoms with van der Waals surface area (Å²) in [5, 5.41) is 34.8. The van der Waals surface area contributed by atoms with Crippen molar-refractivity contribution in [2.75, 3.05) is 19.8 Å². The summed E-state index contributed by atoms with van der Waals surface area (Å²) in [6.45, 7) is 14.1. The number of ether oxygens (including phenoxy) is 2. The van der Waals surface area contributed by atoms with E-state index >= 15 is 0 Å². The number of unbranched alkanes of at least 4 members (excludes halogenated alkanes) is 2. The first-order valence-electron chi connectivity index (χ1n) is 12.5. The second kappa shape index (κ2) is 25.4. The van der Waals surface area contributed by atoms with Crippen molar-refractivity contribution in [1.82, 2.24) is 0 Å². The van der Waals surface area contributed by atoms with Crippen LogP contribution in [0.1, 0.15) is 99.8 Å². The van der Waals surface area contributed by atoms with Crippen molar-refractivity contribution in [2.45, 2.75) is 118 Å². The fourth-order valence-electron chi connectivity index (χ4n) is 2.61. The molecular weight excluding hydrogens is 428 g/mol. The van der Waals surface area contributed by atoms with E-state index in [2.05, 4.69) is 13.8 Å². The molecule has 0 aromatic carbocycles. The molecule has 0 heterocycles. The summed E-state index contributed by atoms with van der Waals surface area (Å²) in [6, 6.07) is 0. The highest BCUT2D eigenvalue weighted by molar-refractivity contribution is 5.70. The van der Waals surface area contributed by atoms with Crippen molar-refractivity contribution < 1.29 is 39.5 Å². The van der Waals surface area contributed by atoms with Crippen molar-refractivity contribution in [3.63, 3.8) is 0 Å². The molecule has 5 atom stereocenters. The molecule has 200 valence electrons. The van der Waals surface area contributed by atoms with E-state index in [-0.39, 0.29) is 30.7 Å². The minimum absolute atomic E-state index is 0.0170. The molecule has 4 N–H and O–H groups in total. The molecule has 0 amide bonds. The van der Waals surface area contributed by atoms with Gasteiger partial charge >= 0.3 is 11.9 Å². The topological polar surface area (TPSA) is 134 Å². The first kappa shape index (κ1) is 36.4. The average Bonchev–Trinajstić information content (AvgIpc) is 2.77. The van der Waals surface area contributed by atoms with Crippen LogP contribution in [0.4, 0.5) is 0 Å². The zero-order valence-electron chi connectivity index (χ0n) is 22.1. The summed E-state index contributed by atoms with van der Waals surface area (Å²) < 4.78 is 10.5. The predicted octanol–water partition coefficient (Wildman–Crippen LogP) is 4.74. The first-order chi connectivity index (χ1) is 15.5. The van der Waals surface area contributed by atoms with Crippen LogP contribution in [0.5, 0.6) is 0 Å². The molecule has 0 aromatic rings. The Kier molecular flexibility index (Phi) is 28.0. The predicted molar refractivity (Wildman–Crippen MR) is 131 cm³/mol. The van der Waals surface area contributed by atoms with Gasteiger partial charge < -0.3 is 29.9 Å². The summed E-state index contributed by atoms with van der Waals surface area (Å²) in [6.07, 6.45) is 6.78. The Labute approximate surface area is 201 Å². The number of rotatable bonds is 17. The van der Waals surface area contributed by atoms with Crippen molar-refractivity contribution in [3.05, 3.63) is 0 Å². The van der Waals surface area contributed by atoms with Crippen LogP contribution in [0.25, 0.3) is 0 Å². The van der Waals surface area contributed by atoms with E-state index in [1.165, 1.54) is 0 Å². The molecule has 8 heteroatoms. The second-order valence-corrected chi connectivity index (χ2v) is 8.49. The van der Waals surface area contributed by atoms with E-state index in [4.69, 9.17) is 29.9 Å². The maximum absolute atomic E-state index is 10.4. The average molecular weight is 481 g/mol. The van der Waals surface area contributed by atoms with Crippen LogP contribution in [0, 0.1) is 11.8 Å². The lowest BCUT2D eigenvalue weighted by molar-refractivity contribution is -0.143. The highest BCUT2D eigenvalue weighted by Crippen LogP contribution is 2.12. The van der Waals surface area contributed by atoms with Crippen LogP contribution in [-0.2, 0) is 19.1 Å². The maximum atomic E-state index is 10.4. The van der Waals surface area contributed by atoms with Crippen LogP contribution in [0.3, 0.4) is 0 Å². The number of aliphatic hydroxyl groups excluding tert-OH is 2. The zero-order valence-corrected chi connectivity index (χ0v) is 22.1. The number of aliphatic carboxylic acids is 2. The van der Waals surface area contributed by atoms with E-state index in [0.717, 1.165) is 51.4 Å². The van der Waals surface area contributed by atoms with Crippen LogP contribution in [-0.4, -0.2) is 70.5 Å². The number of carboxylic acids is 2. The molecule has 0 aliphatic rings. The monoisotopic (exact) mass is 480 g/mol. The van der Waals surface area contributed by atoms with Gasteiger partial charge in [0.05, 0.1) is 50.0 Å². The highest BCUT2D eigenvalue weighted by atomic mass is 16.5. The van der Waals surface area contributed by atoms with Gasteiger partial charge in [-0.1, -0.05) is 53.4 Å². The van der Waals surface area contributed by atoms with E-state index in [9.17, 15) is 9.59 Å². The summed E-state index contributed by atoms with van der Waals surface area (Å²) in [5.41, 5.74) is 0. The number of carbonyl (C=O) groups is 2. The Bertz CT molecular complexity index is 416. The number of carboxylic acid groups (broad SMARTS) is 2. The third-order valence-electron chi connectivity index (χ3n) is 4.99. The van der Waals surface area contributed by atoms with Gasteiger partial charge in [0.2, 0.25) is 0 Å². The lowest BCUT2D eigenvalue weighted by Gasteiger charge is -2.16. The second-order valence-electron chi connectivity index (χ2n) is 8.49. The van der Waals surface area contributed by atoms with Crippen LogP contribution in [0.2, 0.25) is 0 Å². The smallest absolute Gasteiger partial charge is 0.306 e. The lowest BCUT2D eigenvalue weighted by atomic mass is 10.00. The van der Waals surface area contributed by atoms with Crippen molar-refractivity contribution in [3.8, 4) is 0 Å². The quantitative estimate of drug-likeness (QED) is 0.234. The molecular formula is C25H52O8. The zero-order chi connectivity index (χ0) is 26.2.